The lowest BCUT2D eigenvalue weighted by Crippen LogP contribution is -2.20. The van der Waals surface area contributed by atoms with Gasteiger partial charge in [0, 0.05) is 19.3 Å². The minimum atomic E-state index is -0.150. The number of hydrogen-bond donors (Lipinski definition) is 1. The fourth-order valence-electron chi connectivity index (χ4n) is 2.49. The quantitative estimate of drug-likeness (QED) is 0.869. The van der Waals surface area contributed by atoms with E-state index in [-0.39, 0.29) is 11.9 Å². The number of ether oxygens (including phenoxy) is 1. The first-order valence-corrected chi connectivity index (χ1v) is 6.21. The van der Waals surface area contributed by atoms with Gasteiger partial charge < -0.3 is 10.1 Å². The third-order valence-corrected chi connectivity index (χ3v) is 3.41. The molecule has 2 atom stereocenters. The number of benzene rings is 1. The molecule has 1 fully saturated rings. The van der Waals surface area contributed by atoms with Crippen LogP contribution in [0.3, 0.4) is 0 Å². The van der Waals surface area contributed by atoms with Crippen LogP contribution in [0.5, 0.6) is 0 Å². The molecular weight excluding hydrogens is 217 g/mol. The van der Waals surface area contributed by atoms with Crippen LogP contribution in [-0.4, -0.2) is 20.3 Å². The summed E-state index contributed by atoms with van der Waals surface area (Å²) < 4.78 is 18.8. The number of hydrogen-bond acceptors (Lipinski definition) is 2. The Morgan fingerprint density at radius 2 is 2.29 bits per heavy atom. The molecule has 0 spiro atoms. The maximum atomic E-state index is 13.4. The average Bonchev–Trinajstić information content (AvgIpc) is 2.77. The highest BCUT2D eigenvalue weighted by atomic mass is 19.1. The maximum Gasteiger partial charge on any atom is 0.123 e. The van der Waals surface area contributed by atoms with Crippen LogP contribution in [0.15, 0.2) is 18.2 Å². The maximum absolute atomic E-state index is 13.4. The zero-order valence-corrected chi connectivity index (χ0v) is 10.5. The first-order chi connectivity index (χ1) is 8.19. The van der Waals surface area contributed by atoms with Gasteiger partial charge in [-0.1, -0.05) is 6.07 Å². The van der Waals surface area contributed by atoms with E-state index in [1.165, 1.54) is 0 Å². The van der Waals surface area contributed by atoms with Crippen molar-refractivity contribution in [3.05, 3.63) is 35.1 Å². The van der Waals surface area contributed by atoms with Gasteiger partial charge in [-0.15, -0.1) is 0 Å². The average molecular weight is 237 g/mol. The first kappa shape index (κ1) is 12.5. The van der Waals surface area contributed by atoms with E-state index >= 15 is 0 Å². The molecule has 1 aromatic carbocycles. The zero-order valence-electron chi connectivity index (χ0n) is 10.5. The van der Waals surface area contributed by atoms with E-state index in [4.69, 9.17) is 4.74 Å². The summed E-state index contributed by atoms with van der Waals surface area (Å²) >= 11 is 0. The van der Waals surface area contributed by atoms with Crippen molar-refractivity contribution in [3.8, 4) is 0 Å². The first-order valence-electron chi connectivity index (χ1n) is 6.21. The van der Waals surface area contributed by atoms with Crippen LogP contribution in [0.4, 0.5) is 4.39 Å². The van der Waals surface area contributed by atoms with Gasteiger partial charge in [0.2, 0.25) is 0 Å². The Labute approximate surface area is 102 Å². The van der Waals surface area contributed by atoms with E-state index in [0.717, 1.165) is 37.2 Å². The highest BCUT2D eigenvalue weighted by Crippen LogP contribution is 2.27. The minimum Gasteiger partial charge on any atom is -0.381 e. The van der Waals surface area contributed by atoms with E-state index < -0.39 is 0 Å². The Hall–Kier alpha value is -0.930. The van der Waals surface area contributed by atoms with E-state index in [0.29, 0.717) is 5.92 Å². The topological polar surface area (TPSA) is 21.3 Å². The molecule has 1 heterocycles. The lowest BCUT2D eigenvalue weighted by molar-refractivity contribution is 0.181. The fourth-order valence-corrected chi connectivity index (χ4v) is 2.49. The molecule has 17 heavy (non-hydrogen) atoms. The zero-order chi connectivity index (χ0) is 12.3. The second kappa shape index (κ2) is 5.61. The summed E-state index contributed by atoms with van der Waals surface area (Å²) in [6, 6.07) is 5.47. The Bertz CT molecular complexity index is 354. The van der Waals surface area contributed by atoms with Crippen LogP contribution in [0.2, 0.25) is 0 Å². The minimum absolute atomic E-state index is 0.150. The van der Waals surface area contributed by atoms with Gasteiger partial charge in [-0.3, -0.25) is 0 Å². The Morgan fingerprint density at radius 3 is 2.88 bits per heavy atom. The van der Waals surface area contributed by atoms with Gasteiger partial charge >= 0.3 is 0 Å². The van der Waals surface area contributed by atoms with Crippen molar-refractivity contribution >= 4 is 0 Å². The molecule has 2 nitrogen and oxygen atoms in total. The summed E-state index contributed by atoms with van der Waals surface area (Å²) in [6.07, 6.45) is 2.13. The van der Waals surface area contributed by atoms with E-state index in [2.05, 4.69) is 11.4 Å². The SMILES string of the molecule is CNC(CC1CCOC1)c1cc(C)cc(F)c1. The number of nitrogens with one attached hydrogen (secondary N) is 1. The molecule has 1 aliphatic heterocycles. The molecule has 0 amide bonds. The molecular formula is C14H20FNO. The van der Waals surface area contributed by atoms with Crippen LogP contribution in [0.25, 0.3) is 0 Å². The summed E-state index contributed by atoms with van der Waals surface area (Å²) in [5.41, 5.74) is 2.01. The Balaban J connectivity index is 2.10. The predicted molar refractivity (Wildman–Crippen MR) is 66.5 cm³/mol. The summed E-state index contributed by atoms with van der Waals surface area (Å²) in [4.78, 5) is 0. The second-order valence-electron chi connectivity index (χ2n) is 4.87. The van der Waals surface area contributed by atoms with Gasteiger partial charge in [0.05, 0.1) is 0 Å². The van der Waals surface area contributed by atoms with Crippen LogP contribution < -0.4 is 5.32 Å². The monoisotopic (exact) mass is 237 g/mol. The molecule has 1 saturated heterocycles. The van der Waals surface area contributed by atoms with Gasteiger partial charge in [-0.2, -0.15) is 0 Å². The molecule has 0 radical (unpaired) electrons. The molecule has 0 saturated carbocycles. The van der Waals surface area contributed by atoms with Crippen LogP contribution >= 0.6 is 0 Å². The van der Waals surface area contributed by atoms with Crippen LogP contribution in [0.1, 0.15) is 30.0 Å². The van der Waals surface area contributed by atoms with E-state index in [9.17, 15) is 4.39 Å². The van der Waals surface area contributed by atoms with Crippen LogP contribution in [-0.2, 0) is 4.74 Å². The van der Waals surface area contributed by atoms with Crippen molar-refractivity contribution in [2.75, 3.05) is 20.3 Å². The standard InChI is InChI=1S/C14H20FNO/c1-10-5-12(8-13(15)6-10)14(16-2)7-11-3-4-17-9-11/h5-6,8,11,14,16H,3-4,7,9H2,1-2H3. The van der Waals surface area contributed by atoms with Crippen molar-refractivity contribution in [2.24, 2.45) is 5.92 Å². The van der Waals surface area contributed by atoms with Crippen molar-refractivity contribution < 1.29 is 9.13 Å². The van der Waals surface area contributed by atoms with E-state index in [1.807, 2.05) is 14.0 Å². The molecule has 0 aliphatic carbocycles. The van der Waals surface area contributed by atoms with Gasteiger partial charge in [0.25, 0.3) is 0 Å². The van der Waals surface area contributed by atoms with Crippen molar-refractivity contribution in [1.29, 1.82) is 0 Å². The molecule has 3 heteroatoms. The largest absolute Gasteiger partial charge is 0.381 e. The highest BCUT2D eigenvalue weighted by molar-refractivity contribution is 5.26. The molecule has 1 aliphatic rings. The summed E-state index contributed by atoms with van der Waals surface area (Å²) in [5, 5.41) is 3.28. The predicted octanol–water partition coefficient (Wildman–Crippen LogP) is 2.82. The number of halogens is 1. The smallest absolute Gasteiger partial charge is 0.123 e. The van der Waals surface area contributed by atoms with Gasteiger partial charge in [-0.05, 0) is 56.0 Å². The van der Waals surface area contributed by atoms with Crippen molar-refractivity contribution in [3.63, 3.8) is 0 Å². The molecule has 1 aromatic rings. The molecule has 0 aromatic heterocycles. The van der Waals surface area contributed by atoms with Gasteiger partial charge in [0.1, 0.15) is 5.82 Å². The fraction of sp³-hybridized carbons (Fsp3) is 0.571. The molecule has 2 rings (SSSR count). The molecule has 1 N–H and O–H groups in total. The summed E-state index contributed by atoms with van der Waals surface area (Å²) in [6.45, 7) is 3.63. The number of rotatable bonds is 4. The third kappa shape index (κ3) is 3.27. The van der Waals surface area contributed by atoms with E-state index in [1.54, 1.807) is 12.1 Å². The molecule has 0 bridgehead atoms. The highest BCUT2D eigenvalue weighted by Gasteiger charge is 2.21. The normalized spacial score (nSPS) is 21.7. The van der Waals surface area contributed by atoms with Gasteiger partial charge in [-0.25, -0.2) is 4.39 Å². The summed E-state index contributed by atoms with van der Waals surface area (Å²) in [5.74, 6) is 0.443. The third-order valence-electron chi connectivity index (χ3n) is 3.41. The molecule has 94 valence electrons. The number of aryl methyl sites for hydroxylation is 1. The Morgan fingerprint density at radius 1 is 1.47 bits per heavy atom. The lowest BCUT2D eigenvalue weighted by atomic mass is 9.93. The lowest BCUT2D eigenvalue weighted by Gasteiger charge is -2.20. The van der Waals surface area contributed by atoms with Crippen molar-refractivity contribution in [1.82, 2.24) is 5.32 Å². The van der Waals surface area contributed by atoms with Crippen molar-refractivity contribution in [2.45, 2.75) is 25.8 Å². The Kier molecular flexibility index (Phi) is 4.13. The summed E-state index contributed by atoms with van der Waals surface area (Å²) in [7, 11) is 1.93. The van der Waals surface area contributed by atoms with Crippen LogP contribution in [0, 0.1) is 18.7 Å². The molecule has 2 unspecified atom stereocenters. The second-order valence-corrected chi connectivity index (χ2v) is 4.87. The van der Waals surface area contributed by atoms with Gasteiger partial charge in [0.15, 0.2) is 0 Å².